The molecule has 0 saturated carbocycles. The van der Waals surface area contributed by atoms with Gasteiger partial charge in [0.25, 0.3) is 0 Å². The summed E-state index contributed by atoms with van der Waals surface area (Å²) in [6.45, 7) is 1.81. The minimum Gasteiger partial charge on any atom is -0.207 e. The summed E-state index contributed by atoms with van der Waals surface area (Å²) in [7, 11) is -4.14. The zero-order valence-corrected chi connectivity index (χ0v) is 12.2. The predicted molar refractivity (Wildman–Crippen MR) is 76.2 cm³/mol. The summed E-state index contributed by atoms with van der Waals surface area (Å²) in [6, 6.07) is 10.8. The molecule has 0 aliphatic heterocycles. The molecule has 21 heavy (non-hydrogen) atoms. The van der Waals surface area contributed by atoms with E-state index in [2.05, 4.69) is 4.72 Å². The molecule has 6 heteroatoms. The van der Waals surface area contributed by atoms with Crippen LogP contribution < -0.4 is 4.72 Å². The van der Waals surface area contributed by atoms with Gasteiger partial charge >= 0.3 is 0 Å². The van der Waals surface area contributed by atoms with Crippen molar-refractivity contribution in [2.24, 2.45) is 0 Å². The molecule has 0 aliphatic rings. The van der Waals surface area contributed by atoms with Crippen molar-refractivity contribution < 1.29 is 17.2 Å². The van der Waals surface area contributed by atoms with Crippen molar-refractivity contribution in [2.75, 3.05) is 0 Å². The van der Waals surface area contributed by atoms with Gasteiger partial charge in [-0.15, -0.1) is 0 Å². The Morgan fingerprint density at radius 1 is 1.10 bits per heavy atom. The lowest BCUT2D eigenvalue weighted by Gasteiger charge is -2.17. The van der Waals surface area contributed by atoms with E-state index in [-0.39, 0.29) is 0 Å². The highest BCUT2D eigenvalue weighted by molar-refractivity contribution is 7.89. The second-order valence-corrected chi connectivity index (χ2v) is 6.25. The van der Waals surface area contributed by atoms with Gasteiger partial charge in [0, 0.05) is 6.04 Å². The standard InChI is InChI=1S/C15H15F2NO2S/c1-2-14(11-6-4-3-5-7-11)18-21(19,20)15-10-12(16)8-9-13(15)17/h3-10,14,18H,2H2,1H3. The van der Waals surface area contributed by atoms with Gasteiger partial charge in [-0.05, 0) is 30.2 Å². The van der Waals surface area contributed by atoms with Gasteiger partial charge < -0.3 is 0 Å². The van der Waals surface area contributed by atoms with Crippen molar-refractivity contribution in [3.05, 3.63) is 65.7 Å². The topological polar surface area (TPSA) is 46.2 Å². The van der Waals surface area contributed by atoms with Crippen molar-refractivity contribution >= 4 is 10.0 Å². The van der Waals surface area contributed by atoms with Crippen molar-refractivity contribution in [1.29, 1.82) is 0 Å². The Hall–Kier alpha value is -1.79. The van der Waals surface area contributed by atoms with Crippen LogP contribution in [0.15, 0.2) is 53.4 Å². The predicted octanol–water partition coefficient (Wildman–Crippen LogP) is 3.39. The van der Waals surface area contributed by atoms with Gasteiger partial charge in [-0.1, -0.05) is 37.3 Å². The van der Waals surface area contributed by atoms with Crippen LogP contribution >= 0.6 is 0 Å². The monoisotopic (exact) mass is 311 g/mol. The van der Waals surface area contributed by atoms with Gasteiger partial charge in [-0.2, -0.15) is 0 Å². The van der Waals surface area contributed by atoms with Gasteiger partial charge in [0.05, 0.1) is 0 Å². The summed E-state index contributed by atoms with van der Waals surface area (Å²) in [4.78, 5) is -0.683. The van der Waals surface area contributed by atoms with Crippen molar-refractivity contribution in [3.63, 3.8) is 0 Å². The number of hydrogen-bond donors (Lipinski definition) is 1. The first-order valence-corrected chi connectivity index (χ1v) is 7.94. The van der Waals surface area contributed by atoms with Gasteiger partial charge in [0.2, 0.25) is 10.0 Å². The molecule has 2 aromatic rings. The fourth-order valence-corrected chi connectivity index (χ4v) is 3.40. The van der Waals surface area contributed by atoms with Crippen LogP contribution in [0, 0.1) is 11.6 Å². The number of nitrogens with one attached hydrogen (secondary N) is 1. The molecule has 1 atom stereocenters. The SMILES string of the molecule is CCC(NS(=O)(=O)c1cc(F)ccc1F)c1ccccc1. The lowest BCUT2D eigenvalue weighted by atomic mass is 10.1. The maximum absolute atomic E-state index is 13.6. The maximum atomic E-state index is 13.6. The minimum atomic E-state index is -4.14. The minimum absolute atomic E-state index is 0.486. The smallest absolute Gasteiger partial charge is 0.207 e. The summed E-state index contributed by atoms with van der Waals surface area (Å²) >= 11 is 0. The molecule has 3 nitrogen and oxygen atoms in total. The Balaban J connectivity index is 2.34. The fourth-order valence-electron chi connectivity index (χ4n) is 2.01. The number of hydrogen-bond acceptors (Lipinski definition) is 2. The van der Waals surface area contributed by atoms with E-state index in [4.69, 9.17) is 0 Å². The molecule has 1 unspecified atom stereocenters. The van der Waals surface area contributed by atoms with E-state index in [1.54, 1.807) is 24.3 Å². The second kappa shape index (κ2) is 6.32. The molecule has 2 aromatic carbocycles. The molecule has 2 rings (SSSR count). The number of benzene rings is 2. The average Bonchev–Trinajstić information content (AvgIpc) is 2.48. The number of sulfonamides is 1. The van der Waals surface area contributed by atoms with Gasteiger partial charge in [0.1, 0.15) is 16.5 Å². The zero-order chi connectivity index (χ0) is 15.5. The molecule has 0 radical (unpaired) electrons. The Bertz CT molecular complexity index is 718. The van der Waals surface area contributed by atoms with Gasteiger partial charge in [-0.3, -0.25) is 0 Å². The molecular formula is C15H15F2NO2S. The number of halogens is 2. The van der Waals surface area contributed by atoms with Crippen molar-refractivity contribution in [1.82, 2.24) is 4.72 Å². The van der Waals surface area contributed by atoms with E-state index in [0.717, 1.165) is 17.7 Å². The second-order valence-electron chi connectivity index (χ2n) is 4.57. The van der Waals surface area contributed by atoms with Gasteiger partial charge in [-0.25, -0.2) is 21.9 Å². The van der Waals surface area contributed by atoms with Crippen LogP contribution in [0.1, 0.15) is 24.9 Å². The average molecular weight is 311 g/mol. The third-order valence-electron chi connectivity index (χ3n) is 3.09. The van der Waals surface area contributed by atoms with E-state index < -0.39 is 32.6 Å². The number of rotatable bonds is 5. The normalized spacial score (nSPS) is 13.1. The van der Waals surface area contributed by atoms with E-state index >= 15 is 0 Å². The van der Waals surface area contributed by atoms with Crippen LogP contribution in [0.5, 0.6) is 0 Å². The van der Waals surface area contributed by atoms with Gasteiger partial charge in [0.15, 0.2) is 0 Å². The molecule has 112 valence electrons. The molecule has 0 aromatic heterocycles. The molecule has 0 aliphatic carbocycles. The van der Waals surface area contributed by atoms with Crippen LogP contribution in [0.3, 0.4) is 0 Å². The molecule has 1 N–H and O–H groups in total. The van der Waals surface area contributed by atoms with E-state index in [1.807, 2.05) is 13.0 Å². The molecular weight excluding hydrogens is 296 g/mol. The highest BCUT2D eigenvalue weighted by atomic mass is 32.2. The highest BCUT2D eigenvalue weighted by Gasteiger charge is 2.23. The Morgan fingerprint density at radius 3 is 2.38 bits per heavy atom. The van der Waals surface area contributed by atoms with E-state index in [1.165, 1.54) is 0 Å². The summed E-state index contributed by atoms with van der Waals surface area (Å²) in [5.41, 5.74) is 0.764. The Labute approximate surface area is 122 Å². The third kappa shape index (κ3) is 3.65. The molecule has 0 fully saturated rings. The van der Waals surface area contributed by atoms with Crippen LogP contribution in [0.25, 0.3) is 0 Å². The largest absolute Gasteiger partial charge is 0.244 e. The summed E-state index contributed by atoms with van der Waals surface area (Å²) in [6.07, 6.45) is 0.486. The molecule has 0 bridgehead atoms. The van der Waals surface area contributed by atoms with Crippen LogP contribution in [-0.4, -0.2) is 8.42 Å². The first-order valence-electron chi connectivity index (χ1n) is 6.46. The lowest BCUT2D eigenvalue weighted by Crippen LogP contribution is -2.29. The fraction of sp³-hybridized carbons (Fsp3) is 0.200. The Morgan fingerprint density at radius 2 is 1.76 bits per heavy atom. The third-order valence-corrected chi connectivity index (χ3v) is 4.58. The van der Waals surface area contributed by atoms with Crippen LogP contribution in [0.4, 0.5) is 8.78 Å². The maximum Gasteiger partial charge on any atom is 0.244 e. The summed E-state index contributed by atoms with van der Waals surface area (Å²) in [5, 5.41) is 0. The summed E-state index contributed by atoms with van der Waals surface area (Å²) < 4.78 is 53.7. The Kier molecular flexibility index (Phi) is 4.69. The first-order chi connectivity index (χ1) is 9.94. The molecule has 0 heterocycles. The highest BCUT2D eigenvalue weighted by Crippen LogP contribution is 2.22. The van der Waals surface area contributed by atoms with Crippen molar-refractivity contribution in [3.8, 4) is 0 Å². The quantitative estimate of drug-likeness (QED) is 0.920. The van der Waals surface area contributed by atoms with E-state index in [0.29, 0.717) is 12.5 Å². The summed E-state index contributed by atoms with van der Waals surface area (Å²) in [5.74, 6) is -1.78. The lowest BCUT2D eigenvalue weighted by molar-refractivity contribution is 0.528. The molecule has 0 saturated heterocycles. The molecule has 0 amide bonds. The van der Waals surface area contributed by atoms with Crippen LogP contribution in [0.2, 0.25) is 0 Å². The van der Waals surface area contributed by atoms with Crippen molar-refractivity contribution in [2.45, 2.75) is 24.3 Å². The zero-order valence-electron chi connectivity index (χ0n) is 11.4. The first kappa shape index (κ1) is 15.6. The van der Waals surface area contributed by atoms with E-state index in [9.17, 15) is 17.2 Å². The van der Waals surface area contributed by atoms with Crippen LogP contribution in [-0.2, 0) is 10.0 Å². The molecule has 0 spiro atoms.